The van der Waals surface area contributed by atoms with E-state index in [-0.39, 0.29) is 5.41 Å². The standard InChI is InChI=1S/C15H12N4O/c1-9-18-11-3-2-10(6-13(11)20-9)12-7-17-14(19-12)15(8-16)4-5-15/h2-3,6-7H,4-5H2,1H3,(H,17,19). The van der Waals surface area contributed by atoms with Gasteiger partial charge in [-0.05, 0) is 25.0 Å². The number of hydrogen-bond acceptors (Lipinski definition) is 4. The monoisotopic (exact) mass is 264 g/mol. The molecule has 1 saturated carbocycles. The molecule has 2 heterocycles. The van der Waals surface area contributed by atoms with Crippen LogP contribution in [0.5, 0.6) is 0 Å². The summed E-state index contributed by atoms with van der Waals surface area (Å²) in [6, 6.07) is 8.20. The number of rotatable bonds is 2. The van der Waals surface area contributed by atoms with Crippen molar-refractivity contribution in [2.45, 2.75) is 25.2 Å². The van der Waals surface area contributed by atoms with E-state index in [1.807, 2.05) is 25.1 Å². The lowest BCUT2D eigenvalue weighted by atomic mass is 10.1. The van der Waals surface area contributed by atoms with Gasteiger partial charge in [0.2, 0.25) is 0 Å². The zero-order valence-electron chi connectivity index (χ0n) is 11.0. The first kappa shape index (κ1) is 11.2. The second kappa shape index (κ2) is 3.70. The van der Waals surface area contributed by atoms with E-state index in [2.05, 4.69) is 21.0 Å². The Morgan fingerprint density at radius 3 is 3.00 bits per heavy atom. The van der Waals surface area contributed by atoms with Crippen LogP contribution < -0.4 is 0 Å². The van der Waals surface area contributed by atoms with E-state index in [9.17, 15) is 5.26 Å². The van der Waals surface area contributed by atoms with Gasteiger partial charge in [0.25, 0.3) is 0 Å². The van der Waals surface area contributed by atoms with Gasteiger partial charge in [0, 0.05) is 12.5 Å². The quantitative estimate of drug-likeness (QED) is 0.771. The average molecular weight is 264 g/mol. The maximum atomic E-state index is 9.20. The third-order valence-corrected chi connectivity index (χ3v) is 3.80. The Hall–Kier alpha value is -2.61. The summed E-state index contributed by atoms with van der Waals surface area (Å²) in [6.45, 7) is 1.83. The molecule has 2 aromatic heterocycles. The number of hydrogen-bond donors (Lipinski definition) is 1. The highest BCUT2D eigenvalue weighted by molar-refractivity contribution is 5.79. The fourth-order valence-electron chi connectivity index (χ4n) is 2.45. The number of oxazole rings is 1. The summed E-state index contributed by atoms with van der Waals surface area (Å²) in [5.74, 6) is 1.42. The Balaban J connectivity index is 1.77. The summed E-state index contributed by atoms with van der Waals surface area (Å²) in [6.07, 6.45) is 3.55. The molecule has 1 aromatic carbocycles. The van der Waals surface area contributed by atoms with Gasteiger partial charge in [0.15, 0.2) is 11.5 Å². The second-order valence-electron chi connectivity index (χ2n) is 5.25. The second-order valence-corrected chi connectivity index (χ2v) is 5.25. The van der Waals surface area contributed by atoms with Gasteiger partial charge in [-0.25, -0.2) is 9.97 Å². The Bertz CT molecular complexity index is 848. The summed E-state index contributed by atoms with van der Waals surface area (Å²) in [5, 5.41) is 9.20. The predicted octanol–water partition coefficient (Wildman–Crippen LogP) is 3.08. The molecule has 0 radical (unpaired) electrons. The summed E-state index contributed by atoms with van der Waals surface area (Å²) in [4.78, 5) is 11.9. The molecule has 4 rings (SSSR count). The Kier molecular flexibility index (Phi) is 2.08. The normalized spacial score (nSPS) is 16.2. The molecule has 98 valence electrons. The lowest BCUT2D eigenvalue weighted by molar-refractivity contribution is 0.561. The Morgan fingerprint density at radius 2 is 2.25 bits per heavy atom. The molecule has 1 aliphatic carbocycles. The SMILES string of the molecule is Cc1nc2ccc(-c3cnc(C4(C#N)CC4)[nH]3)cc2o1. The van der Waals surface area contributed by atoms with Crippen LogP contribution >= 0.6 is 0 Å². The van der Waals surface area contributed by atoms with Crippen LogP contribution in [0, 0.1) is 18.3 Å². The van der Waals surface area contributed by atoms with E-state index in [1.165, 1.54) is 0 Å². The number of nitrogens with zero attached hydrogens (tertiary/aromatic N) is 3. The summed E-state index contributed by atoms with van der Waals surface area (Å²) in [7, 11) is 0. The van der Waals surface area contributed by atoms with Crippen LogP contribution in [0.2, 0.25) is 0 Å². The number of aryl methyl sites for hydroxylation is 1. The lowest BCUT2D eigenvalue weighted by Crippen LogP contribution is -2.04. The number of aromatic amines is 1. The van der Waals surface area contributed by atoms with Gasteiger partial charge in [0.05, 0.1) is 18.0 Å². The first-order valence-electron chi connectivity index (χ1n) is 6.54. The molecule has 0 saturated heterocycles. The topological polar surface area (TPSA) is 78.5 Å². The number of fused-ring (bicyclic) bond motifs is 1. The van der Waals surface area contributed by atoms with Gasteiger partial charge in [-0.3, -0.25) is 0 Å². The first-order valence-corrected chi connectivity index (χ1v) is 6.54. The largest absolute Gasteiger partial charge is 0.441 e. The van der Waals surface area contributed by atoms with Crippen LogP contribution in [0.25, 0.3) is 22.4 Å². The van der Waals surface area contributed by atoms with E-state index in [1.54, 1.807) is 6.20 Å². The minimum atomic E-state index is -0.384. The van der Waals surface area contributed by atoms with E-state index >= 15 is 0 Å². The number of nitrogens with one attached hydrogen (secondary N) is 1. The summed E-state index contributed by atoms with van der Waals surface area (Å²) in [5.41, 5.74) is 3.11. The highest BCUT2D eigenvalue weighted by atomic mass is 16.3. The molecule has 0 aliphatic heterocycles. The average Bonchev–Trinajstić information content (AvgIpc) is 2.93. The van der Waals surface area contributed by atoms with Crippen LogP contribution in [0.3, 0.4) is 0 Å². The zero-order chi connectivity index (χ0) is 13.7. The van der Waals surface area contributed by atoms with Crippen molar-refractivity contribution in [1.82, 2.24) is 15.0 Å². The van der Waals surface area contributed by atoms with Crippen LogP contribution in [-0.4, -0.2) is 15.0 Å². The summed E-state index contributed by atoms with van der Waals surface area (Å²) < 4.78 is 5.54. The minimum Gasteiger partial charge on any atom is -0.441 e. The Labute approximate surface area is 115 Å². The van der Waals surface area contributed by atoms with E-state index in [4.69, 9.17) is 4.42 Å². The van der Waals surface area contributed by atoms with Gasteiger partial charge in [-0.2, -0.15) is 5.26 Å². The van der Waals surface area contributed by atoms with Crippen molar-refractivity contribution in [2.24, 2.45) is 0 Å². The maximum Gasteiger partial charge on any atom is 0.192 e. The van der Waals surface area contributed by atoms with Crippen molar-refractivity contribution in [3.63, 3.8) is 0 Å². The number of aromatic nitrogens is 3. The van der Waals surface area contributed by atoms with Gasteiger partial charge in [-0.15, -0.1) is 0 Å². The zero-order valence-corrected chi connectivity index (χ0v) is 11.0. The Morgan fingerprint density at radius 1 is 1.40 bits per heavy atom. The molecular formula is C15H12N4O. The summed E-state index contributed by atoms with van der Waals surface area (Å²) >= 11 is 0. The molecule has 3 aromatic rings. The molecule has 0 bridgehead atoms. The van der Waals surface area contributed by atoms with E-state index in [0.717, 1.165) is 41.0 Å². The fraction of sp³-hybridized carbons (Fsp3) is 0.267. The van der Waals surface area contributed by atoms with Crippen LogP contribution in [-0.2, 0) is 5.41 Å². The highest BCUT2D eigenvalue weighted by Gasteiger charge is 2.47. The van der Waals surface area contributed by atoms with Crippen molar-refractivity contribution >= 4 is 11.1 Å². The van der Waals surface area contributed by atoms with E-state index in [0.29, 0.717) is 5.89 Å². The fourth-order valence-corrected chi connectivity index (χ4v) is 2.45. The van der Waals surface area contributed by atoms with Gasteiger partial charge >= 0.3 is 0 Å². The van der Waals surface area contributed by atoms with E-state index < -0.39 is 0 Å². The molecular weight excluding hydrogens is 252 g/mol. The first-order chi connectivity index (χ1) is 9.70. The smallest absolute Gasteiger partial charge is 0.192 e. The van der Waals surface area contributed by atoms with Gasteiger partial charge in [-0.1, -0.05) is 6.07 Å². The highest BCUT2D eigenvalue weighted by Crippen LogP contribution is 2.46. The number of benzene rings is 1. The maximum absolute atomic E-state index is 9.20. The molecule has 0 amide bonds. The van der Waals surface area contributed by atoms with Crippen molar-refractivity contribution in [1.29, 1.82) is 5.26 Å². The molecule has 5 nitrogen and oxygen atoms in total. The van der Waals surface area contributed by atoms with Crippen LogP contribution in [0.15, 0.2) is 28.8 Å². The molecule has 1 fully saturated rings. The molecule has 0 unspecified atom stereocenters. The van der Waals surface area contributed by atoms with Crippen molar-refractivity contribution < 1.29 is 4.42 Å². The molecule has 20 heavy (non-hydrogen) atoms. The minimum absolute atomic E-state index is 0.384. The third-order valence-electron chi connectivity index (χ3n) is 3.80. The third kappa shape index (κ3) is 1.55. The molecule has 5 heteroatoms. The van der Waals surface area contributed by atoms with Gasteiger partial charge in [0.1, 0.15) is 16.8 Å². The van der Waals surface area contributed by atoms with Crippen molar-refractivity contribution in [3.8, 4) is 17.3 Å². The number of nitriles is 1. The lowest BCUT2D eigenvalue weighted by Gasteiger charge is -2.00. The van der Waals surface area contributed by atoms with Crippen molar-refractivity contribution in [3.05, 3.63) is 36.1 Å². The number of H-pyrrole nitrogens is 1. The van der Waals surface area contributed by atoms with Crippen LogP contribution in [0.1, 0.15) is 24.6 Å². The van der Waals surface area contributed by atoms with Crippen LogP contribution in [0.4, 0.5) is 0 Å². The molecule has 1 N–H and O–H groups in total. The van der Waals surface area contributed by atoms with Gasteiger partial charge < -0.3 is 9.40 Å². The predicted molar refractivity (Wildman–Crippen MR) is 72.9 cm³/mol. The van der Waals surface area contributed by atoms with Crippen molar-refractivity contribution in [2.75, 3.05) is 0 Å². The molecule has 0 atom stereocenters. The molecule has 0 spiro atoms. The number of imidazole rings is 1. The molecule has 1 aliphatic rings.